The van der Waals surface area contributed by atoms with Gasteiger partial charge in [-0.3, -0.25) is 0 Å². The quantitative estimate of drug-likeness (QED) is 0.377. The van der Waals surface area contributed by atoms with Gasteiger partial charge in [0.15, 0.2) is 0 Å². The van der Waals surface area contributed by atoms with E-state index in [1.54, 1.807) is 19.2 Å². The highest BCUT2D eigenvalue weighted by Crippen LogP contribution is 2.37. The lowest BCUT2D eigenvalue weighted by molar-refractivity contribution is 0.415. The van der Waals surface area contributed by atoms with Crippen LogP contribution in [0.5, 0.6) is 5.75 Å². The lowest BCUT2D eigenvalue weighted by Crippen LogP contribution is -2.11. The number of nitriles is 1. The van der Waals surface area contributed by atoms with Crippen LogP contribution in [-0.4, -0.2) is 29.1 Å². The van der Waals surface area contributed by atoms with E-state index < -0.39 is 0 Å². The number of rotatable bonds is 5. The molecule has 160 valence electrons. The first kappa shape index (κ1) is 20.5. The fourth-order valence-corrected chi connectivity index (χ4v) is 5.30. The molecule has 3 aromatic carbocycles. The summed E-state index contributed by atoms with van der Waals surface area (Å²) < 4.78 is 12.2. The van der Waals surface area contributed by atoms with Crippen molar-refractivity contribution >= 4 is 28.7 Å². The summed E-state index contributed by atoms with van der Waals surface area (Å²) in [7, 11) is 3.66. The monoisotopic (exact) mass is 440 g/mol. The van der Waals surface area contributed by atoms with Gasteiger partial charge in [-0.25, -0.2) is 4.31 Å². The van der Waals surface area contributed by atoms with E-state index in [0.29, 0.717) is 5.56 Å². The molecular formula is C26H24N4OS. The minimum Gasteiger partial charge on any atom is -0.497 e. The van der Waals surface area contributed by atoms with Crippen LogP contribution in [-0.2, 0) is 13.6 Å². The number of anilines is 1. The van der Waals surface area contributed by atoms with E-state index in [9.17, 15) is 5.26 Å². The Labute approximate surface area is 192 Å². The van der Waals surface area contributed by atoms with Crippen LogP contribution in [0.2, 0.25) is 0 Å². The predicted molar refractivity (Wildman–Crippen MR) is 131 cm³/mol. The molecular weight excluding hydrogens is 416 g/mol. The summed E-state index contributed by atoms with van der Waals surface area (Å²) in [6.07, 6.45) is 0. The van der Waals surface area contributed by atoms with Gasteiger partial charge in [-0.05, 0) is 35.4 Å². The van der Waals surface area contributed by atoms with E-state index in [-0.39, 0.29) is 0 Å². The minimum atomic E-state index is 0.697. The summed E-state index contributed by atoms with van der Waals surface area (Å²) in [6.45, 7) is 2.93. The molecule has 1 aromatic heterocycles. The molecule has 0 unspecified atom stereocenters. The number of fused-ring (bicyclic) bond motifs is 1. The molecule has 0 atom stereocenters. The van der Waals surface area contributed by atoms with Gasteiger partial charge in [-0.1, -0.05) is 42.5 Å². The molecule has 1 saturated heterocycles. The van der Waals surface area contributed by atoms with Crippen molar-refractivity contribution in [3.63, 3.8) is 0 Å². The van der Waals surface area contributed by atoms with Crippen LogP contribution < -0.4 is 9.04 Å². The van der Waals surface area contributed by atoms with Gasteiger partial charge in [-0.2, -0.15) is 5.26 Å². The third kappa shape index (κ3) is 3.70. The molecule has 0 radical (unpaired) electrons. The van der Waals surface area contributed by atoms with Crippen molar-refractivity contribution in [1.29, 1.82) is 5.26 Å². The highest BCUT2D eigenvalue weighted by atomic mass is 32.2. The predicted octanol–water partition coefficient (Wildman–Crippen LogP) is 5.61. The van der Waals surface area contributed by atoms with E-state index >= 15 is 0 Å². The van der Waals surface area contributed by atoms with Gasteiger partial charge in [0, 0.05) is 56.0 Å². The largest absolute Gasteiger partial charge is 0.497 e. The Balaban J connectivity index is 1.39. The van der Waals surface area contributed by atoms with Crippen molar-refractivity contribution in [3.05, 3.63) is 83.9 Å². The molecule has 1 aliphatic heterocycles. The van der Waals surface area contributed by atoms with Crippen LogP contribution in [0.15, 0.2) is 72.8 Å². The van der Waals surface area contributed by atoms with Crippen molar-refractivity contribution in [2.24, 2.45) is 7.05 Å². The third-order valence-electron chi connectivity index (χ3n) is 5.92. The second kappa shape index (κ2) is 8.62. The summed E-state index contributed by atoms with van der Waals surface area (Å²) in [4.78, 5) is 0. The number of hydrogen-bond donors (Lipinski definition) is 0. The van der Waals surface area contributed by atoms with E-state index in [1.807, 2.05) is 25.2 Å². The molecule has 0 bridgehead atoms. The third-order valence-corrected chi connectivity index (χ3v) is 7.05. The van der Waals surface area contributed by atoms with Crippen LogP contribution in [0.4, 0.5) is 5.69 Å². The fourth-order valence-electron chi connectivity index (χ4n) is 4.27. The summed E-state index contributed by atoms with van der Waals surface area (Å²) >= 11 is 1.77. The summed E-state index contributed by atoms with van der Waals surface area (Å²) in [5.74, 6) is 0.788. The van der Waals surface area contributed by atoms with Gasteiger partial charge >= 0.3 is 0 Å². The van der Waals surface area contributed by atoms with Gasteiger partial charge < -0.3 is 13.6 Å². The molecule has 0 aliphatic carbocycles. The molecule has 1 aliphatic rings. The Morgan fingerprint density at radius 3 is 2.50 bits per heavy atom. The lowest BCUT2D eigenvalue weighted by Gasteiger charge is -2.18. The molecule has 0 saturated carbocycles. The van der Waals surface area contributed by atoms with E-state index in [2.05, 4.69) is 73.8 Å². The summed E-state index contributed by atoms with van der Waals surface area (Å²) in [5.41, 5.74) is 6.16. The van der Waals surface area contributed by atoms with E-state index in [4.69, 9.17) is 4.74 Å². The number of hydrogen-bond acceptors (Lipinski definition) is 5. The van der Waals surface area contributed by atoms with Crippen LogP contribution in [0.1, 0.15) is 11.1 Å². The zero-order chi connectivity index (χ0) is 22.1. The normalized spacial score (nSPS) is 14.1. The van der Waals surface area contributed by atoms with Gasteiger partial charge in [0.1, 0.15) is 11.8 Å². The van der Waals surface area contributed by atoms with E-state index in [0.717, 1.165) is 47.5 Å². The molecule has 6 heteroatoms. The maximum absolute atomic E-state index is 9.88. The molecule has 0 spiro atoms. The number of nitrogens with zero attached hydrogens (tertiary/aromatic N) is 4. The number of ether oxygens (including phenoxy) is 1. The highest BCUT2D eigenvalue weighted by Gasteiger charge is 2.23. The van der Waals surface area contributed by atoms with E-state index in [1.165, 1.54) is 11.3 Å². The maximum Gasteiger partial charge on any atom is 0.120 e. The van der Waals surface area contributed by atoms with Crippen molar-refractivity contribution in [2.75, 3.05) is 24.5 Å². The molecule has 1 fully saturated rings. The lowest BCUT2D eigenvalue weighted by atomic mass is 10.1. The van der Waals surface area contributed by atoms with Crippen molar-refractivity contribution in [3.8, 4) is 23.1 Å². The van der Waals surface area contributed by atoms with Crippen LogP contribution in [0.3, 0.4) is 0 Å². The average molecular weight is 441 g/mol. The number of methoxy groups -OCH3 is 1. The van der Waals surface area contributed by atoms with Crippen molar-refractivity contribution in [1.82, 2.24) is 8.87 Å². The first-order valence-corrected chi connectivity index (χ1v) is 11.3. The number of benzene rings is 3. The molecule has 5 nitrogen and oxygen atoms in total. The molecule has 5 rings (SSSR count). The Bertz CT molecular complexity index is 1290. The van der Waals surface area contributed by atoms with Crippen LogP contribution >= 0.6 is 12.1 Å². The van der Waals surface area contributed by atoms with Crippen molar-refractivity contribution in [2.45, 2.75) is 6.54 Å². The molecule has 2 heterocycles. The molecule has 4 aromatic rings. The number of aryl methyl sites for hydroxylation is 1. The summed E-state index contributed by atoms with van der Waals surface area (Å²) in [5, 5.41) is 10.8. The smallest absolute Gasteiger partial charge is 0.120 e. The van der Waals surface area contributed by atoms with Crippen LogP contribution in [0, 0.1) is 11.3 Å². The molecule has 32 heavy (non-hydrogen) atoms. The molecule has 0 N–H and O–H groups in total. The van der Waals surface area contributed by atoms with Crippen molar-refractivity contribution < 1.29 is 4.74 Å². The van der Waals surface area contributed by atoms with Crippen LogP contribution in [0.25, 0.3) is 22.2 Å². The Morgan fingerprint density at radius 2 is 1.78 bits per heavy atom. The van der Waals surface area contributed by atoms with Gasteiger partial charge in [0.05, 0.1) is 23.9 Å². The zero-order valence-corrected chi connectivity index (χ0v) is 19.0. The zero-order valence-electron chi connectivity index (χ0n) is 18.2. The second-order valence-electron chi connectivity index (χ2n) is 7.86. The SMILES string of the molecule is COc1ccc2c(C#N)c(-c3ccc(N4CCN(Cc5ccccc5)S4)cc3)n(C)c2c1. The second-order valence-corrected chi connectivity index (χ2v) is 8.98. The van der Waals surface area contributed by atoms with Gasteiger partial charge in [0.2, 0.25) is 0 Å². The molecule has 0 amide bonds. The van der Waals surface area contributed by atoms with Gasteiger partial charge in [0.25, 0.3) is 0 Å². The highest BCUT2D eigenvalue weighted by molar-refractivity contribution is 7.98. The fraction of sp³-hybridized carbons (Fsp3) is 0.192. The first-order valence-electron chi connectivity index (χ1n) is 10.6. The Kier molecular flexibility index (Phi) is 5.52. The Hall–Kier alpha value is -3.40. The average Bonchev–Trinajstić information content (AvgIpc) is 3.41. The number of aromatic nitrogens is 1. The topological polar surface area (TPSA) is 44.4 Å². The summed E-state index contributed by atoms with van der Waals surface area (Å²) in [6, 6.07) is 27.4. The minimum absolute atomic E-state index is 0.697. The van der Waals surface area contributed by atoms with Gasteiger partial charge in [-0.15, -0.1) is 0 Å². The Morgan fingerprint density at radius 1 is 1.00 bits per heavy atom. The first-order chi connectivity index (χ1) is 15.7. The standard InChI is InChI=1S/C26H24N4OS/c1-28-25-16-22(31-2)12-13-23(25)24(17-27)26(28)20-8-10-21(11-9-20)30-15-14-29(32-30)18-19-6-4-3-5-7-19/h3-13,16H,14-15,18H2,1-2H3. The maximum atomic E-state index is 9.88.